The summed E-state index contributed by atoms with van der Waals surface area (Å²) < 4.78 is 34.2. The van der Waals surface area contributed by atoms with Crippen molar-refractivity contribution in [3.8, 4) is 0 Å². The topological polar surface area (TPSA) is 116 Å². The van der Waals surface area contributed by atoms with Gasteiger partial charge in [-0.05, 0) is 19.9 Å². The van der Waals surface area contributed by atoms with E-state index in [2.05, 4.69) is 10.2 Å². The fourth-order valence-electron chi connectivity index (χ4n) is 3.23. The van der Waals surface area contributed by atoms with Crippen LogP contribution >= 0.6 is 0 Å². The average molecular weight is 385 g/mol. The normalized spacial score (nSPS) is 26.0. The van der Waals surface area contributed by atoms with Crippen molar-refractivity contribution in [3.63, 3.8) is 0 Å². The third-order valence-electron chi connectivity index (χ3n) is 4.46. The molecule has 0 saturated carbocycles. The first-order chi connectivity index (χ1) is 12.3. The molecule has 1 aromatic rings. The second-order valence-corrected chi connectivity index (χ2v) is 8.51. The van der Waals surface area contributed by atoms with Gasteiger partial charge in [0.15, 0.2) is 0 Å². The molecule has 1 aromatic heterocycles. The van der Waals surface area contributed by atoms with Crippen LogP contribution in [-0.2, 0) is 14.9 Å². The minimum absolute atomic E-state index is 0.136. The number of amides is 1. The smallest absolute Gasteiger partial charge is 0.282 e. The second kappa shape index (κ2) is 7.43. The first kappa shape index (κ1) is 19.0. The van der Waals surface area contributed by atoms with Crippen molar-refractivity contribution in [1.82, 2.24) is 23.7 Å². The molecule has 0 unspecified atom stereocenters. The number of hydrogen-bond donors (Lipinski definition) is 1. The standard InChI is InChI=1S/C15H23N5O5S/c1-11-9-20(10-12(2)25-11)26(23,24)19-7-5-18(6-8-19)15(22)13-3-4-14(21)17-16-13/h3-4,11-12H,5-10H2,1-2H3,(H,17,21)/t11-,12+. The molecule has 0 aliphatic carbocycles. The molecular formula is C15H23N5O5S. The molecule has 0 aromatic carbocycles. The molecule has 144 valence electrons. The SMILES string of the molecule is C[C@@H]1CN(S(=O)(=O)N2CCN(C(=O)c3ccc(=O)[nH]n3)CC2)C[C@H](C)O1. The number of carbonyl (C=O) groups excluding carboxylic acids is 1. The lowest BCUT2D eigenvalue weighted by Crippen LogP contribution is -2.57. The van der Waals surface area contributed by atoms with Gasteiger partial charge in [0, 0.05) is 45.3 Å². The molecule has 0 bridgehead atoms. The highest BCUT2D eigenvalue weighted by molar-refractivity contribution is 7.86. The van der Waals surface area contributed by atoms with Crippen molar-refractivity contribution in [2.45, 2.75) is 26.1 Å². The quantitative estimate of drug-likeness (QED) is 0.705. The average Bonchev–Trinajstić information content (AvgIpc) is 2.61. The summed E-state index contributed by atoms with van der Waals surface area (Å²) in [5.74, 6) is -0.327. The van der Waals surface area contributed by atoms with Gasteiger partial charge in [0.05, 0.1) is 12.2 Å². The number of H-pyrrole nitrogens is 1. The highest BCUT2D eigenvalue weighted by Crippen LogP contribution is 2.19. The Labute approximate surface area is 151 Å². The van der Waals surface area contributed by atoms with Gasteiger partial charge in [-0.2, -0.15) is 22.1 Å². The molecule has 1 amide bonds. The minimum atomic E-state index is -3.58. The largest absolute Gasteiger partial charge is 0.373 e. The summed E-state index contributed by atoms with van der Waals surface area (Å²) in [6.45, 7) is 5.34. The molecule has 11 heteroatoms. The second-order valence-electron chi connectivity index (χ2n) is 6.58. The number of morpholine rings is 1. The van der Waals surface area contributed by atoms with E-state index < -0.39 is 10.2 Å². The van der Waals surface area contributed by atoms with E-state index in [-0.39, 0.29) is 55.5 Å². The van der Waals surface area contributed by atoms with Crippen molar-refractivity contribution in [3.05, 3.63) is 28.2 Å². The summed E-state index contributed by atoms with van der Waals surface area (Å²) in [6, 6.07) is 2.60. The monoisotopic (exact) mass is 385 g/mol. The molecule has 26 heavy (non-hydrogen) atoms. The van der Waals surface area contributed by atoms with Crippen molar-refractivity contribution < 1.29 is 17.9 Å². The van der Waals surface area contributed by atoms with Crippen molar-refractivity contribution in [1.29, 1.82) is 0 Å². The molecule has 0 spiro atoms. The number of hydrogen-bond acceptors (Lipinski definition) is 6. The van der Waals surface area contributed by atoms with Crippen LogP contribution in [0.2, 0.25) is 0 Å². The molecule has 2 aliphatic heterocycles. The predicted octanol–water partition coefficient (Wildman–Crippen LogP) is -1.12. The van der Waals surface area contributed by atoms with Gasteiger partial charge in [-0.15, -0.1) is 0 Å². The predicted molar refractivity (Wildman–Crippen MR) is 92.8 cm³/mol. The number of aromatic amines is 1. The van der Waals surface area contributed by atoms with Crippen LogP contribution in [0.15, 0.2) is 16.9 Å². The van der Waals surface area contributed by atoms with E-state index in [4.69, 9.17) is 4.74 Å². The maximum absolute atomic E-state index is 12.9. The summed E-state index contributed by atoms with van der Waals surface area (Å²) in [4.78, 5) is 25.0. The number of nitrogens with zero attached hydrogens (tertiary/aromatic N) is 4. The van der Waals surface area contributed by atoms with Gasteiger partial charge >= 0.3 is 0 Å². The van der Waals surface area contributed by atoms with Crippen LogP contribution in [0.1, 0.15) is 24.3 Å². The molecule has 3 heterocycles. The van der Waals surface area contributed by atoms with E-state index >= 15 is 0 Å². The summed E-state index contributed by atoms with van der Waals surface area (Å²) in [5, 5.41) is 5.95. The Bertz CT molecular complexity index is 787. The van der Waals surface area contributed by atoms with Crippen LogP contribution in [0.25, 0.3) is 0 Å². The first-order valence-electron chi connectivity index (χ1n) is 8.53. The molecule has 2 fully saturated rings. The summed E-state index contributed by atoms with van der Waals surface area (Å²) >= 11 is 0. The van der Waals surface area contributed by atoms with Gasteiger partial charge in [0.25, 0.3) is 21.7 Å². The van der Waals surface area contributed by atoms with Gasteiger partial charge in [-0.1, -0.05) is 0 Å². The van der Waals surface area contributed by atoms with Crippen molar-refractivity contribution in [2.75, 3.05) is 39.3 Å². The fourth-order valence-corrected chi connectivity index (χ4v) is 4.98. The van der Waals surface area contributed by atoms with E-state index in [0.717, 1.165) is 0 Å². The molecule has 2 atom stereocenters. The Morgan fingerprint density at radius 3 is 2.27 bits per heavy atom. The van der Waals surface area contributed by atoms with E-state index in [9.17, 15) is 18.0 Å². The number of rotatable bonds is 3. The lowest BCUT2D eigenvalue weighted by atomic mass is 10.3. The molecule has 1 N–H and O–H groups in total. The van der Waals surface area contributed by atoms with E-state index in [1.54, 1.807) is 0 Å². The van der Waals surface area contributed by atoms with Gasteiger partial charge in [-0.3, -0.25) is 9.59 Å². The molecule has 3 rings (SSSR count). The molecule has 0 radical (unpaired) electrons. The van der Waals surface area contributed by atoms with Crippen LogP contribution in [0.3, 0.4) is 0 Å². The molecule has 10 nitrogen and oxygen atoms in total. The molecule has 2 aliphatic rings. The molecule has 2 saturated heterocycles. The maximum Gasteiger partial charge on any atom is 0.282 e. The first-order valence-corrected chi connectivity index (χ1v) is 9.93. The van der Waals surface area contributed by atoms with E-state index in [1.165, 1.54) is 25.6 Å². The Morgan fingerprint density at radius 2 is 1.73 bits per heavy atom. The maximum atomic E-state index is 12.9. The lowest BCUT2D eigenvalue weighted by Gasteiger charge is -2.40. The number of ether oxygens (including phenoxy) is 1. The van der Waals surface area contributed by atoms with Crippen LogP contribution in [0.4, 0.5) is 0 Å². The highest BCUT2D eigenvalue weighted by Gasteiger charge is 2.37. The Kier molecular flexibility index (Phi) is 5.42. The minimum Gasteiger partial charge on any atom is -0.373 e. The number of piperazine rings is 1. The van der Waals surface area contributed by atoms with Crippen LogP contribution in [0.5, 0.6) is 0 Å². The molecular weight excluding hydrogens is 362 g/mol. The van der Waals surface area contributed by atoms with Crippen LogP contribution < -0.4 is 5.56 Å². The summed E-state index contributed by atoms with van der Waals surface area (Å²) in [6.07, 6.45) is -0.301. The Hall–Kier alpha value is -1.82. The third kappa shape index (κ3) is 3.95. The number of carbonyl (C=O) groups is 1. The zero-order valence-corrected chi connectivity index (χ0v) is 15.6. The van der Waals surface area contributed by atoms with Crippen LogP contribution in [0, 0.1) is 0 Å². The number of nitrogens with one attached hydrogen (secondary N) is 1. The van der Waals surface area contributed by atoms with E-state index in [1.807, 2.05) is 13.8 Å². The summed E-state index contributed by atoms with van der Waals surface area (Å²) in [7, 11) is -3.58. The lowest BCUT2D eigenvalue weighted by molar-refractivity contribution is -0.0457. The van der Waals surface area contributed by atoms with Gasteiger partial charge in [0.1, 0.15) is 5.69 Å². The number of aromatic nitrogens is 2. The fraction of sp³-hybridized carbons (Fsp3) is 0.667. The van der Waals surface area contributed by atoms with Gasteiger partial charge < -0.3 is 9.64 Å². The Balaban J connectivity index is 1.63. The zero-order chi connectivity index (χ0) is 18.9. The van der Waals surface area contributed by atoms with Gasteiger partial charge in [-0.25, -0.2) is 5.10 Å². The zero-order valence-electron chi connectivity index (χ0n) is 14.8. The van der Waals surface area contributed by atoms with Crippen LogP contribution in [-0.4, -0.2) is 89.5 Å². The Morgan fingerprint density at radius 1 is 1.12 bits per heavy atom. The highest BCUT2D eigenvalue weighted by atomic mass is 32.2. The van der Waals surface area contributed by atoms with Crippen molar-refractivity contribution in [2.24, 2.45) is 0 Å². The van der Waals surface area contributed by atoms with Crippen molar-refractivity contribution >= 4 is 16.1 Å². The van der Waals surface area contributed by atoms with E-state index in [0.29, 0.717) is 13.1 Å². The van der Waals surface area contributed by atoms with Gasteiger partial charge in [0.2, 0.25) is 0 Å². The summed E-state index contributed by atoms with van der Waals surface area (Å²) in [5.41, 5.74) is -0.247. The third-order valence-corrected chi connectivity index (χ3v) is 6.43.